The summed E-state index contributed by atoms with van der Waals surface area (Å²) < 4.78 is 6.14. The van der Waals surface area contributed by atoms with Gasteiger partial charge in [0.15, 0.2) is 6.10 Å². The maximum atomic E-state index is 13.9. The van der Waals surface area contributed by atoms with E-state index in [-0.39, 0.29) is 11.9 Å². The maximum Gasteiger partial charge on any atom is 0.337 e. The van der Waals surface area contributed by atoms with E-state index in [1.165, 1.54) is 0 Å². The highest BCUT2D eigenvalue weighted by molar-refractivity contribution is 6.16. The molecule has 1 saturated carbocycles. The summed E-state index contributed by atoms with van der Waals surface area (Å²) in [6.07, 6.45) is 2.56. The van der Waals surface area contributed by atoms with Crippen molar-refractivity contribution in [3.63, 3.8) is 0 Å². The number of hydrogen-bond acceptors (Lipinski definition) is 4. The number of aliphatic carboxylic acids is 1. The molecule has 1 atom stereocenters. The van der Waals surface area contributed by atoms with Gasteiger partial charge in [0.05, 0.1) is 17.0 Å². The van der Waals surface area contributed by atoms with Crippen molar-refractivity contribution >= 4 is 29.3 Å². The third kappa shape index (κ3) is 5.14. The number of amides is 3. The fourth-order valence-electron chi connectivity index (χ4n) is 6.11. The molecule has 2 aromatic rings. The van der Waals surface area contributed by atoms with Gasteiger partial charge in [0.2, 0.25) is 0 Å². The molecule has 1 aliphatic carbocycles. The van der Waals surface area contributed by atoms with Crippen molar-refractivity contribution in [2.24, 2.45) is 0 Å². The highest BCUT2D eigenvalue weighted by Crippen LogP contribution is 2.52. The number of carboxylic acid groups (broad SMARTS) is 1. The molecule has 4 rings (SSSR count). The van der Waals surface area contributed by atoms with E-state index in [1.54, 1.807) is 4.90 Å². The van der Waals surface area contributed by atoms with Gasteiger partial charge in [0.1, 0.15) is 5.54 Å². The SMILES string of the molecule is CCNC(=O)N1c2c(C)c(-c3ccc(C)cc3)c(C(OC(C)(C)C)C(=O)O)c(C)c2NC(=O)C12CCCCC2. The van der Waals surface area contributed by atoms with Crippen LogP contribution in [-0.2, 0) is 14.3 Å². The third-order valence-corrected chi connectivity index (χ3v) is 7.84. The Hall–Kier alpha value is -3.39. The molecule has 2 aromatic carbocycles. The number of benzene rings is 2. The molecule has 0 saturated heterocycles. The lowest BCUT2D eigenvalue weighted by Crippen LogP contribution is -2.65. The average Bonchev–Trinajstić information content (AvgIpc) is 2.86. The van der Waals surface area contributed by atoms with Crippen molar-refractivity contribution < 1.29 is 24.2 Å². The van der Waals surface area contributed by atoms with Gasteiger partial charge in [-0.25, -0.2) is 9.59 Å². The van der Waals surface area contributed by atoms with Crippen molar-refractivity contribution in [3.05, 3.63) is 46.5 Å². The Morgan fingerprint density at radius 2 is 1.69 bits per heavy atom. The Labute approximate surface area is 231 Å². The van der Waals surface area contributed by atoms with Crippen LogP contribution in [0.25, 0.3) is 11.1 Å². The number of urea groups is 1. The molecule has 39 heavy (non-hydrogen) atoms. The smallest absolute Gasteiger partial charge is 0.337 e. The number of nitrogens with one attached hydrogen (secondary N) is 2. The van der Waals surface area contributed by atoms with Gasteiger partial charge in [0, 0.05) is 12.1 Å². The average molecular weight is 536 g/mol. The summed E-state index contributed by atoms with van der Waals surface area (Å²) in [6, 6.07) is 7.59. The molecule has 1 heterocycles. The largest absolute Gasteiger partial charge is 0.479 e. The molecule has 0 bridgehead atoms. The molecule has 3 amide bonds. The number of rotatable bonds is 5. The molecule has 1 spiro atoms. The van der Waals surface area contributed by atoms with Crippen LogP contribution >= 0.6 is 0 Å². The van der Waals surface area contributed by atoms with Gasteiger partial charge >= 0.3 is 12.0 Å². The summed E-state index contributed by atoms with van der Waals surface area (Å²) in [5, 5.41) is 16.5. The van der Waals surface area contributed by atoms with Gasteiger partial charge in [-0.15, -0.1) is 0 Å². The molecule has 0 radical (unpaired) electrons. The number of anilines is 2. The van der Waals surface area contributed by atoms with Crippen molar-refractivity contribution in [2.75, 3.05) is 16.8 Å². The number of carbonyl (C=O) groups is 3. The van der Waals surface area contributed by atoms with E-state index in [0.29, 0.717) is 47.5 Å². The second-order valence-corrected chi connectivity index (χ2v) is 11.8. The zero-order valence-corrected chi connectivity index (χ0v) is 24.2. The summed E-state index contributed by atoms with van der Waals surface area (Å²) in [7, 11) is 0. The van der Waals surface area contributed by atoms with Crippen LogP contribution in [0.3, 0.4) is 0 Å². The Kier molecular flexibility index (Phi) is 7.81. The predicted molar refractivity (Wildman–Crippen MR) is 153 cm³/mol. The number of aryl methyl sites for hydroxylation is 1. The quantitative estimate of drug-likeness (QED) is 0.410. The van der Waals surface area contributed by atoms with E-state index >= 15 is 0 Å². The van der Waals surface area contributed by atoms with Crippen molar-refractivity contribution in [3.8, 4) is 11.1 Å². The molecule has 1 aliphatic heterocycles. The topological polar surface area (TPSA) is 108 Å². The minimum absolute atomic E-state index is 0.221. The Bertz CT molecular complexity index is 1290. The zero-order valence-electron chi connectivity index (χ0n) is 24.2. The van der Waals surface area contributed by atoms with Gasteiger partial charge in [0.25, 0.3) is 5.91 Å². The van der Waals surface area contributed by atoms with Crippen LogP contribution in [0.2, 0.25) is 0 Å². The Balaban J connectivity index is 2.11. The van der Waals surface area contributed by atoms with Crippen LogP contribution in [0.4, 0.5) is 16.2 Å². The standard InChI is InChI=1S/C31H41N3O5/c1-8-32-29(38)34-25-20(4)22(21-14-12-18(2)13-15-21)23(26(27(35)36)39-30(5,6)7)19(3)24(25)33-28(37)31(34)16-10-9-11-17-31/h12-15,26H,8-11,16-17H2,1-7H3,(H,32,38)(H,33,37)(H,35,36). The summed E-state index contributed by atoms with van der Waals surface area (Å²) in [5.74, 6) is -1.34. The van der Waals surface area contributed by atoms with E-state index in [0.717, 1.165) is 36.0 Å². The van der Waals surface area contributed by atoms with Gasteiger partial charge in [-0.2, -0.15) is 0 Å². The second-order valence-electron chi connectivity index (χ2n) is 11.8. The molecule has 3 N–H and O–H groups in total. The first-order valence-electron chi connectivity index (χ1n) is 13.9. The molecule has 210 valence electrons. The number of fused-ring (bicyclic) bond motifs is 1. The second kappa shape index (κ2) is 10.6. The molecule has 8 nitrogen and oxygen atoms in total. The number of nitrogens with zero attached hydrogens (tertiary/aromatic N) is 1. The molecule has 2 aliphatic rings. The van der Waals surface area contributed by atoms with Crippen molar-refractivity contribution in [1.82, 2.24) is 5.32 Å². The minimum atomic E-state index is -1.29. The lowest BCUT2D eigenvalue weighted by molar-refractivity contribution is -0.160. The normalized spacial score (nSPS) is 17.4. The van der Waals surface area contributed by atoms with Crippen LogP contribution in [0, 0.1) is 20.8 Å². The van der Waals surface area contributed by atoms with Gasteiger partial charge in [-0.3, -0.25) is 9.69 Å². The fraction of sp³-hybridized carbons (Fsp3) is 0.516. The molecule has 1 fully saturated rings. The van der Waals surface area contributed by atoms with E-state index in [1.807, 2.05) is 72.7 Å². The van der Waals surface area contributed by atoms with Crippen LogP contribution in [-0.4, -0.2) is 40.7 Å². The first kappa shape index (κ1) is 28.6. The highest BCUT2D eigenvalue weighted by atomic mass is 16.5. The molecule has 1 unspecified atom stereocenters. The molecular weight excluding hydrogens is 494 g/mol. The number of hydrogen-bond donors (Lipinski definition) is 3. The molecule has 0 aromatic heterocycles. The number of carboxylic acids is 1. The van der Waals surface area contributed by atoms with Gasteiger partial charge < -0.3 is 20.5 Å². The van der Waals surface area contributed by atoms with Crippen molar-refractivity contribution in [2.45, 2.75) is 97.8 Å². The summed E-state index contributed by atoms with van der Waals surface area (Å²) in [5.41, 5.74) is 3.75. The molecule has 8 heteroatoms. The van der Waals surface area contributed by atoms with Crippen LogP contribution in [0.15, 0.2) is 24.3 Å². The first-order valence-corrected chi connectivity index (χ1v) is 13.9. The Morgan fingerprint density at radius 1 is 1.08 bits per heavy atom. The lowest BCUT2D eigenvalue weighted by Gasteiger charge is -2.49. The summed E-state index contributed by atoms with van der Waals surface area (Å²) in [4.78, 5) is 42.0. The van der Waals surface area contributed by atoms with Crippen LogP contribution < -0.4 is 15.5 Å². The van der Waals surface area contributed by atoms with Crippen molar-refractivity contribution in [1.29, 1.82) is 0 Å². The van der Waals surface area contributed by atoms with Crippen LogP contribution in [0.1, 0.15) is 88.2 Å². The lowest BCUT2D eigenvalue weighted by atomic mass is 9.76. The highest BCUT2D eigenvalue weighted by Gasteiger charge is 2.53. The van der Waals surface area contributed by atoms with Gasteiger partial charge in [-0.05, 0) is 83.6 Å². The minimum Gasteiger partial charge on any atom is -0.479 e. The number of carbonyl (C=O) groups excluding carboxylic acids is 2. The van der Waals surface area contributed by atoms with E-state index in [9.17, 15) is 19.5 Å². The third-order valence-electron chi connectivity index (χ3n) is 7.84. The fourth-order valence-corrected chi connectivity index (χ4v) is 6.11. The monoisotopic (exact) mass is 535 g/mol. The number of ether oxygens (including phenoxy) is 1. The summed E-state index contributed by atoms with van der Waals surface area (Å²) >= 11 is 0. The predicted octanol–water partition coefficient (Wildman–Crippen LogP) is 6.41. The van der Waals surface area contributed by atoms with E-state index in [4.69, 9.17) is 4.74 Å². The van der Waals surface area contributed by atoms with Gasteiger partial charge in [-0.1, -0.05) is 49.1 Å². The summed E-state index contributed by atoms with van der Waals surface area (Å²) in [6.45, 7) is 13.5. The first-order chi connectivity index (χ1) is 18.3. The van der Waals surface area contributed by atoms with E-state index in [2.05, 4.69) is 10.6 Å². The van der Waals surface area contributed by atoms with Crippen LogP contribution in [0.5, 0.6) is 0 Å². The Morgan fingerprint density at radius 3 is 2.23 bits per heavy atom. The molecular formula is C31H41N3O5. The maximum absolute atomic E-state index is 13.9. The zero-order chi connectivity index (χ0) is 28.7. The van der Waals surface area contributed by atoms with E-state index < -0.39 is 23.2 Å².